The number of hydrogen-bond donors (Lipinski definition) is 1. The van der Waals surface area contributed by atoms with E-state index in [2.05, 4.69) is 24.9 Å². The van der Waals surface area contributed by atoms with Gasteiger partial charge in [-0.25, -0.2) is 0 Å². The molecule has 0 aliphatic carbocycles. The van der Waals surface area contributed by atoms with Crippen LogP contribution in [-0.2, 0) is 0 Å². The van der Waals surface area contributed by atoms with Gasteiger partial charge in [0.25, 0.3) is 0 Å². The molecular formula is C15H16N2. The van der Waals surface area contributed by atoms with Crippen LogP contribution in [0.3, 0.4) is 0 Å². The minimum atomic E-state index is 0.710. The molecule has 1 aromatic carbocycles. The van der Waals surface area contributed by atoms with Gasteiger partial charge in [-0.3, -0.25) is 4.98 Å². The van der Waals surface area contributed by atoms with Crippen molar-refractivity contribution in [1.29, 1.82) is 0 Å². The number of hydrogen-bond acceptors (Lipinski definition) is 2. The number of rotatable bonds is 2. The average molecular weight is 224 g/mol. The lowest BCUT2D eigenvalue weighted by Gasteiger charge is -2.04. The van der Waals surface area contributed by atoms with Crippen LogP contribution in [0.2, 0.25) is 0 Å². The van der Waals surface area contributed by atoms with Gasteiger partial charge in [-0.1, -0.05) is 42.0 Å². The first kappa shape index (κ1) is 11.4. The first-order valence-electron chi connectivity index (χ1n) is 5.63. The first-order valence-corrected chi connectivity index (χ1v) is 5.63. The molecule has 2 nitrogen and oxygen atoms in total. The normalized spacial score (nSPS) is 10.9. The van der Waals surface area contributed by atoms with Gasteiger partial charge in [0.15, 0.2) is 0 Å². The Labute approximate surface area is 101 Å². The second-order valence-corrected chi connectivity index (χ2v) is 4.25. The molecule has 0 amide bonds. The van der Waals surface area contributed by atoms with Crippen LogP contribution in [0.5, 0.6) is 0 Å². The Bertz CT molecular complexity index is 591. The lowest BCUT2D eigenvalue weighted by Crippen LogP contribution is -1.92. The molecule has 0 saturated heterocycles. The number of fused-ring (bicyclic) bond motifs is 1. The van der Waals surface area contributed by atoms with Crippen molar-refractivity contribution in [1.82, 2.24) is 4.98 Å². The molecule has 17 heavy (non-hydrogen) atoms. The maximum absolute atomic E-state index is 5.97. The minimum absolute atomic E-state index is 0.710. The van der Waals surface area contributed by atoms with Crippen molar-refractivity contribution >= 4 is 22.7 Å². The van der Waals surface area contributed by atoms with Gasteiger partial charge in [0.05, 0.1) is 17.4 Å². The summed E-state index contributed by atoms with van der Waals surface area (Å²) in [4.78, 5) is 4.31. The number of nitrogens with zero attached hydrogens (tertiary/aromatic N) is 1. The van der Waals surface area contributed by atoms with E-state index in [9.17, 15) is 0 Å². The zero-order chi connectivity index (χ0) is 12.3. The van der Waals surface area contributed by atoms with Crippen LogP contribution in [0.1, 0.15) is 19.4 Å². The second-order valence-electron chi connectivity index (χ2n) is 4.25. The van der Waals surface area contributed by atoms with E-state index in [-0.39, 0.29) is 0 Å². The third-order valence-electron chi connectivity index (χ3n) is 2.54. The van der Waals surface area contributed by atoms with Crippen molar-refractivity contribution < 1.29 is 0 Å². The number of nitrogens with two attached hydrogens (primary N) is 1. The number of nitrogen functional groups attached to an aromatic ring is 1. The van der Waals surface area contributed by atoms with Crippen LogP contribution in [0.15, 0.2) is 48.2 Å². The highest BCUT2D eigenvalue weighted by Gasteiger charge is 2.02. The average Bonchev–Trinajstić information content (AvgIpc) is 2.32. The van der Waals surface area contributed by atoms with E-state index >= 15 is 0 Å². The third kappa shape index (κ3) is 2.53. The zero-order valence-electron chi connectivity index (χ0n) is 10.1. The standard InChI is InChI=1S/C15H16N2/c1-11(2)6-5-8-12-13-7-3-4-9-15(13)17-10-14(12)16/h3-10H,16H2,1-2H3/b8-5-. The van der Waals surface area contributed by atoms with Crippen LogP contribution in [0.25, 0.3) is 17.0 Å². The molecule has 2 heteroatoms. The zero-order valence-corrected chi connectivity index (χ0v) is 10.1. The predicted molar refractivity (Wildman–Crippen MR) is 74.6 cm³/mol. The Morgan fingerprint density at radius 3 is 2.76 bits per heavy atom. The lowest BCUT2D eigenvalue weighted by atomic mass is 10.1. The topological polar surface area (TPSA) is 38.9 Å². The van der Waals surface area contributed by atoms with E-state index in [4.69, 9.17) is 5.73 Å². The molecule has 2 N–H and O–H groups in total. The Balaban J connectivity index is 2.55. The van der Waals surface area contributed by atoms with Crippen LogP contribution < -0.4 is 5.73 Å². The monoisotopic (exact) mass is 224 g/mol. The summed E-state index contributed by atoms with van der Waals surface area (Å²) in [6.45, 7) is 4.14. The molecular weight excluding hydrogens is 208 g/mol. The molecule has 0 unspecified atom stereocenters. The summed E-state index contributed by atoms with van der Waals surface area (Å²) in [7, 11) is 0. The van der Waals surface area contributed by atoms with Gasteiger partial charge < -0.3 is 5.73 Å². The number of anilines is 1. The van der Waals surface area contributed by atoms with Gasteiger partial charge in [-0.05, 0) is 19.9 Å². The van der Waals surface area contributed by atoms with Gasteiger partial charge in [0.1, 0.15) is 0 Å². The molecule has 1 aromatic heterocycles. The summed E-state index contributed by atoms with van der Waals surface area (Å²) in [5.41, 5.74) is 9.95. The highest BCUT2D eigenvalue weighted by molar-refractivity contribution is 5.92. The fraction of sp³-hybridized carbons (Fsp3) is 0.133. The fourth-order valence-corrected chi connectivity index (χ4v) is 1.70. The minimum Gasteiger partial charge on any atom is -0.397 e. The van der Waals surface area contributed by atoms with Crippen molar-refractivity contribution in [2.45, 2.75) is 13.8 Å². The molecule has 1 heterocycles. The van der Waals surface area contributed by atoms with E-state index in [0.717, 1.165) is 16.5 Å². The highest BCUT2D eigenvalue weighted by Crippen LogP contribution is 2.23. The molecule has 0 aliphatic heterocycles. The van der Waals surface area contributed by atoms with Crippen LogP contribution >= 0.6 is 0 Å². The van der Waals surface area contributed by atoms with Crippen molar-refractivity contribution in [3.05, 3.63) is 53.8 Å². The molecule has 86 valence electrons. The number of para-hydroxylation sites is 1. The summed E-state index contributed by atoms with van der Waals surface area (Å²) < 4.78 is 0. The molecule has 0 saturated carbocycles. The smallest absolute Gasteiger partial charge is 0.0709 e. The van der Waals surface area contributed by atoms with Gasteiger partial charge >= 0.3 is 0 Å². The molecule has 0 atom stereocenters. The molecule has 0 spiro atoms. The predicted octanol–water partition coefficient (Wildman–Crippen LogP) is 3.80. The van der Waals surface area contributed by atoms with Crippen molar-refractivity contribution in [3.8, 4) is 0 Å². The number of aromatic nitrogens is 1. The van der Waals surface area contributed by atoms with Crippen LogP contribution in [-0.4, -0.2) is 4.98 Å². The van der Waals surface area contributed by atoms with E-state index in [1.807, 2.05) is 36.4 Å². The van der Waals surface area contributed by atoms with E-state index in [1.54, 1.807) is 6.20 Å². The van der Waals surface area contributed by atoms with Crippen LogP contribution in [0.4, 0.5) is 5.69 Å². The quantitative estimate of drug-likeness (QED) is 0.788. The molecule has 0 radical (unpaired) electrons. The number of benzene rings is 1. The Hall–Kier alpha value is -2.09. The van der Waals surface area contributed by atoms with Gasteiger partial charge in [-0.2, -0.15) is 0 Å². The SMILES string of the molecule is CC(C)=C/C=C\c1c(N)cnc2ccccc12. The maximum Gasteiger partial charge on any atom is 0.0709 e. The second kappa shape index (κ2) is 4.83. The molecule has 2 rings (SSSR count). The van der Waals surface area contributed by atoms with E-state index in [0.29, 0.717) is 5.69 Å². The number of allylic oxidation sites excluding steroid dienone is 3. The Morgan fingerprint density at radius 1 is 1.24 bits per heavy atom. The molecule has 0 fully saturated rings. The van der Waals surface area contributed by atoms with Gasteiger partial charge in [-0.15, -0.1) is 0 Å². The van der Waals surface area contributed by atoms with Crippen molar-refractivity contribution in [2.75, 3.05) is 5.73 Å². The van der Waals surface area contributed by atoms with Crippen molar-refractivity contribution in [2.24, 2.45) is 0 Å². The first-order chi connectivity index (χ1) is 8.18. The van der Waals surface area contributed by atoms with E-state index in [1.165, 1.54) is 5.57 Å². The van der Waals surface area contributed by atoms with Gasteiger partial charge in [0.2, 0.25) is 0 Å². The van der Waals surface area contributed by atoms with Crippen LogP contribution in [0, 0.1) is 0 Å². The molecule has 0 aliphatic rings. The summed E-state index contributed by atoms with van der Waals surface area (Å²) in [6.07, 6.45) is 7.83. The Morgan fingerprint density at radius 2 is 2.00 bits per heavy atom. The van der Waals surface area contributed by atoms with E-state index < -0.39 is 0 Å². The number of pyridine rings is 1. The largest absolute Gasteiger partial charge is 0.397 e. The van der Waals surface area contributed by atoms with Gasteiger partial charge in [0, 0.05) is 10.9 Å². The lowest BCUT2D eigenvalue weighted by molar-refractivity contribution is 1.39. The molecule has 2 aromatic rings. The van der Waals surface area contributed by atoms with Crippen molar-refractivity contribution in [3.63, 3.8) is 0 Å². The highest BCUT2D eigenvalue weighted by atomic mass is 14.7. The summed E-state index contributed by atoms with van der Waals surface area (Å²) in [5.74, 6) is 0. The summed E-state index contributed by atoms with van der Waals surface area (Å²) in [6, 6.07) is 8.02. The maximum atomic E-state index is 5.97. The third-order valence-corrected chi connectivity index (χ3v) is 2.54. The fourth-order valence-electron chi connectivity index (χ4n) is 1.70. The summed E-state index contributed by atoms with van der Waals surface area (Å²) >= 11 is 0. The molecule has 0 bridgehead atoms. The summed E-state index contributed by atoms with van der Waals surface area (Å²) in [5, 5.41) is 1.09. The Kier molecular flexibility index (Phi) is 3.24.